The van der Waals surface area contributed by atoms with E-state index in [4.69, 9.17) is 14.2 Å². The summed E-state index contributed by atoms with van der Waals surface area (Å²) in [7, 11) is -3.72. The van der Waals surface area contributed by atoms with Crippen LogP contribution in [0.15, 0.2) is 47.4 Å². The van der Waals surface area contributed by atoms with E-state index in [2.05, 4.69) is 20.8 Å². The lowest BCUT2D eigenvalue weighted by atomic mass is 9.86. The molecule has 1 heterocycles. The van der Waals surface area contributed by atoms with Crippen molar-refractivity contribution in [3.8, 4) is 11.5 Å². The Bertz CT molecular complexity index is 1060. The summed E-state index contributed by atoms with van der Waals surface area (Å²) in [6.07, 6.45) is -0.354. The van der Waals surface area contributed by atoms with Crippen molar-refractivity contribution in [2.45, 2.75) is 37.5 Å². The SMILES string of the molecule is CC(C)(C)c1ccc(C(=O)COC(=O)CCS(=O)(=O)c2ccc3c(c2)OCCO3)cc1. The van der Waals surface area contributed by atoms with Crippen LogP contribution < -0.4 is 9.47 Å². The molecule has 0 N–H and O–H groups in total. The van der Waals surface area contributed by atoms with Gasteiger partial charge >= 0.3 is 5.97 Å². The Labute approximate surface area is 182 Å². The van der Waals surface area contributed by atoms with Crippen molar-refractivity contribution in [3.63, 3.8) is 0 Å². The van der Waals surface area contributed by atoms with E-state index in [1.54, 1.807) is 12.1 Å². The van der Waals surface area contributed by atoms with Gasteiger partial charge in [0, 0.05) is 11.6 Å². The molecule has 0 atom stereocenters. The second-order valence-electron chi connectivity index (χ2n) is 8.29. The number of hydrogen-bond acceptors (Lipinski definition) is 7. The number of ether oxygens (including phenoxy) is 3. The van der Waals surface area contributed by atoms with Crippen molar-refractivity contribution in [2.24, 2.45) is 0 Å². The number of carbonyl (C=O) groups excluding carboxylic acids is 2. The number of esters is 1. The molecular weight excluding hydrogens is 420 g/mol. The van der Waals surface area contributed by atoms with Crippen molar-refractivity contribution in [3.05, 3.63) is 53.6 Å². The highest BCUT2D eigenvalue weighted by atomic mass is 32.2. The second kappa shape index (κ2) is 9.09. The highest BCUT2D eigenvalue weighted by Gasteiger charge is 2.21. The van der Waals surface area contributed by atoms with Crippen LogP contribution in [0, 0.1) is 0 Å². The topological polar surface area (TPSA) is 96.0 Å². The van der Waals surface area contributed by atoms with Crippen LogP contribution in [0.2, 0.25) is 0 Å². The zero-order valence-electron chi connectivity index (χ0n) is 17.8. The van der Waals surface area contributed by atoms with Gasteiger partial charge in [0.2, 0.25) is 0 Å². The van der Waals surface area contributed by atoms with Crippen LogP contribution in [-0.4, -0.2) is 45.7 Å². The molecule has 0 aromatic heterocycles. The summed E-state index contributed by atoms with van der Waals surface area (Å²) in [6, 6.07) is 11.5. The molecular formula is C23H26O7S. The molecule has 0 spiro atoms. The van der Waals surface area contributed by atoms with E-state index in [0.717, 1.165) is 5.56 Å². The first-order chi connectivity index (χ1) is 14.6. The summed E-state index contributed by atoms with van der Waals surface area (Å²) >= 11 is 0. The third-order valence-electron chi connectivity index (χ3n) is 4.88. The Hall–Kier alpha value is -2.87. The van der Waals surface area contributed by atoms with Crippen molar-refractivity contribution in [2.75, 3.05) is 25.6 Å². The van der Waals surface area contributed by atoms with Gasteiger partial charge < -0.3 is 14.2 Å². The van der Waals surface area contributed by atoms with E-state index >= 15 is 0 Å². The molecule has 31 heavy (non-hydrogen) atoms. The van der Waals surface area contributed by atoms with Gasteiger partial charge in [-0.25, -0.2) is 8.42 Å². The summed E-state index contributed by atoms with van der Waals surface area (Å²) in [5.41, 5.74) is 1.49. The number of sulfone groups is 1. The number of ketones is 1. The molecule has 0 saturated heterocycles. The second-order valence-corrected chi connectivity index (χ2v) is 10.4. The van der Waals surface area contributed by atoms with Crippen molar-refractivity contribution in [1.82, 2.24) is 0 Å². The maximum Gasteiger partial charge on any atom is 0.307 e. The Morgan fingerprint density at radius 2 is 1.61 bits per heavy atom. The Morgan fingerprint density at radius 3 is 2.26 bits per heavy atom. The molecule has 0 radical (unpaired) electrons. The molecule has 0 bridgehead atoms. The van der Waals surface area contributed by atoms with Crippen molar-refractivity contribution >= 4 is 21.6 Å². The van der Waals surface area contributed by atoms with Crippen LogP contribution in [0.4, 0.5) is 0 Å². The normalized spacial score (nSPS) is 13.5. The molecule has 3 rings (SSSR count). The lowest BCUT2D eigenvalue weighted by Gasteiger charge is -2.19. The van der Waals surface area contributed by atoms with Crippen LogP contribution >= 0.6 is 0 Å². The quantitative estimate of drug-likeness (QED) is 0.475. The molecule has 2 aromatic carbocycles. The minimum absolute atomic E-state index is 0.0310. The van der Waals surface area contributed by atoms with Crippen LogP contribution in [0.25, 0.3) is 0 Å². The number of Topliss-reactive ketones (excluding diaryl/α,β-unsaturated/α-hetero) is 1. The van der Waals surface area contributed by atoms with Crippen LogP contribution in [0.3, 0.4) is 0 Å². The van der Waals surface area contributed by atoms with Gasteiger partial charge in [0.05, 0.1) is 17.1 Å². The predicted molar refractivity (Wildman–Crippen MR) is 115 cm³/mol. The molecule has 1 aliphatic rings. The fourth-order valence-electron chi connectivity index (χ4n) is 3.01. The lowest BCUT2D eigenvalue weighted by molar-refractivity contribution is -0.142. The summed E-state index contributed by atoms with van der Waals surface area (Å²) in [6.45, 7) is 6.54. The molecule has 0 unspecified atom stereocenters. The Morgan fingerprint density at radius 1 is 0.968 bits per heavy atom. The molecule has 2 aromatic rings. The standard InChI is InChI=1S/C23H26O7S/c1-23(2,3)17-6-4-16(5-7-17)19(24)15-30-22(25)10-13-31(26,27)18-8-9-20-21(14-18)29-12-11-28-20/h4-9,14H,10-13,15H2,1-3H3. The highest BCUT2D eigenvalue weighted by molar-refractivity contribution is 7.91. The fourth-order valence-corrected chi connectivity index (χ4v) is 4.24. The van der Waals surface area contributed by atoms with Gasteiger partial charge in [0.25, 0.3) is 0 Å². The average Bonchev–Trinajstić information content (AvgIpc) is 2.75. The highest BCUT2D eigenvalue weighted by Crippen LogP contribution is 2.32. The van der Waals surface area contributed by atoms with Crippen LogP contribution in [0.5, 0.6) is 11.5 Å². The summed E-state index contributed by atoms with van der Waals surface area (Å²) < 4.78 is 40.8. The molecule has 0 fully saturated rings. The molecule has 0 aliphatic carbocycles. The Balaban J connectivity index is 1.52. The van der Waals surface area contributed by atoms with Crippen LogP contribution in [0.1, 0.15) is 43.1 Å². The molecule has 8 heteroatoms. The smallest absolute Gasteiger partial charge is 0.307 e. The third-order valence-corrected chi connectivity index (χ3v) is 6.60. The van der Waals surface area contributed by atoms with Gasteiger partial charge in [0.1, 0.15) is 13.2 Å². The first-order valence-corrected chi connectivity index (χ1v) is 11.6. The molecule has 1 aliphatic heterocycles. The van der Waals surface area contributed by atoms with E-state index in [9.17, 15) is 18.0 Å². The number of rotatable bonds is 7. The van der Waals surface area contributed by atoms with E-state index in [0.29, 0.717) is 30.3 Å². The first-order valence-electron chi connectivity index (χ1n) is 9.98. The molecule has 166 valence electrons. The Kier molecular flexibility index (Phi) is 6.69. The molecule has 7 nitrogen and oxygen atoms in total. The van der Waals surface area contributed by atoms with Gasteiger partial charge in [-0.1, -0.05) is 45.0 Å². The average molecular weight is 447 g/mol. The summed E-state index contributed by atoms with van der Waals surface area (Å²) in [4.78, 5) is 24.3. The van der Waals surface area contributed by atoms with E-state index < -0.39 is 28.2 Å². The predicted octanol–water partition coefficient (Wildman–Crippen LogP) is 3.35. The number of hydrogen-bond donors (Lipinski definition) is 0. The zero-order chi connectivity index (χ0) is 22.6. The van der Waals surface area contributed by atoms with Gasteiger partial charge in [-0.3, -0.25) is 9.59 Å². The largest absolute Gasteiger partial charge is 0.486 e. The fraction of sp³-hybridized carbons (Fsp3) is 0.391. The summed E-state index contributed by atoms with van der Waals surface area (Å²) in [5.74, 6) is -0.680. The van der Waals surface area contributed by atoms with E-state index in [-0.39, 0.29) is 22.5 Å². The minimum Gasteiger partial charge on any atom is -0.486 e. The third kappa shape index (κ3) is 5.85. The maximum absolute atomic E-state index is 12.5. The van der Waals surface area contributed by atoms with E-state index in [1.165, 1.54) is 18.2 Å². The lowest BCUT2D eigenvalue weighted by Crippen LogP contribution is -2.18. The molecule has 0 amide bonds. The van der Waals surface area contributed by atoms with Crippen LogP contribution in [-0.2, 0) is 24.8 Å². The monoisotopic (exact) mass is 446 g/mol. The van der Waals surface area contributed by atoms with Crippen molar-refractivity contribution in [1.29, 1.82) is 0 Å². The van der Waals surface area contributed by atoms with Crippen molar-refractivity contribution < 1.29 is 32.2 Å². The number of fused-ring (bicyclic) bond motifs is 1. The van der Waals surface area contributed by atoms with E-state index in [1.807, 2.05) is 12.1 Å². The first kappa shape index (κ1) is 22.8. The molecule has 0 saturated carbocycles. The zero-order valence-corrected chi connectivity index (χ0v) is 18.7. The number of benzene rings is 2. The van der Waals surface area contributed by atoms with Gasteiger partial charge in [-0.05, 0) is 23.1 Å². The maximum atomic E-state index is 12.5. The summed E-state index contributed by atoms with van der Waals surface area (Å²) in [5, 5.41) is 0. The van der Waals surface area contributed by atoms with Gasteiger partial charge in [0.15, 0.2) is 33.7 Å². The van der Waals surface area contributed by atoms with Gasteiger partial charge in [-0.15, -0.1) is 0 Å². The minimum atomic E-state index is -3.72. The number of carbonyl (C=O) groups is 2. The van der Waals surface area contributed by atoms with Gasteiger partial charge in [-0.2, -0.15) is 0 Å².